The highest BCUT2D eigenvalue weighted by atomic mass is 16.4. The highest BCUT2D eigenvalue weighted by Gasteiger charge is 2.16. The van der Waals surface area contributed by atoms with E-state index in [1.165, 1.54) is 0 Å². The molecule has 0 fully saturated rings. The summed E-state index contributed by atoms with van der Waals surface area (Å²) < 4.78 is 1.95. The monoisotopic (exact) mass is 225 g/mol. The molecule has 0 radical (unpaired) electrons. The molecule has 0 unspecified atom stereocenters. The second-order valence-corrected chi connectivity index (χ2v) is 4.18. The van der Waals surface area contributed by atoms with Gasteiger partial charge in [0, 0.05) is 25.5 Å². The fourth-order valence-corrected chi connectivity index (χ4v) is 1.65. The van der Waals surface area contributed by atoms with Gasteiger partial charge in [0.15, 0.2) is 0 Å². The zero-order valence-corrected chi connectivity index (χ0v) is 10.1. The fourth-order valence-electron chi connectivity index (χ4n) is 1.65. The van der Waals surface area contributed by atoms with Gasteiger partial charge in [-0.25, -0.2) is 4.98 Å². The summed E-state index contributed by atoms with van der Waals surface area (Å²) in [6, 6.07) is 0. The first-order chi connectivity index (χ1) is 7.54. The molecule has 1 heterocycles. The Kier molecular flexibility index (Phi) is 4.34. The minimum absolute atomic E-state index is 0.00477. The van der Waals surface area contributed by atoms with Crippen molar-refractivity contribution in [1.82, 2.24) is 9.55 Å². The Morgan fingerprint density at radius 1 is 1.62 bits per heavy atom. The highest BCUT2D eigenvalue weighted by molar-refractivity contribution is 5.72. The summed E-state index contributed by atoms with van der Waals surface area (Å²) in [6.07, 6.45) is 3.57. The van der Waals surface area contributed by atoms with Crippen LogP contribution in [0.3, 0.4) is 0 Å². The second kappa shape index (κ2) is 5.53. The first-order valence-corrected chi connectivity index (χ1v) is 5.52. The topological polar surface area (TPSA) is 58.4 Å². The third kappa shape index (κ3) is 3.25. The number of rotatable bonds is 6. The van der Waals surface area contributed by atoms with Crippen LogP contribution in [0.4, 0.5) is 5.95 Å². The average molecular weight is 225 g/mol. The van der Waals surface area contributed by atoms with Gasteiger partial charge in [-0.3, -0.25) is 4.79 Å². The van der Waals surface area contributed by atoms with Crippen LogP contribution in [0.2, 0.25) is 0 Å². The lowest BCUT2D eigenvalue weighted by molar-refractivity contribution is -0.135. The third-order valence-corrected chi connectivity index (χ3v) is 2.23. The number of carboxylic acids is 1. The smallest absolute Gasteiger partial charge is 0.323 e. The number of hydrogen-bond donors (Lipinski definition) is 1. The Hall–Kier alpha value is -1.52. The summed E-state index contributed by atoms with van der Waals surface area (Å²) in [5, 5.41) is 8.88. The minimum Gasteiger partial charge on any atom is -0.480 e. The molecule has 0 atom stereocenters. The van der Waals surface area contributed by atoms with Gasteiger partial charge in [-0.2, -0.15) is 0 Å². The zero-order chi connectivity index (χ0) is 12.1. The SMILES string of the molecule is CCn1ccnc1N(CC(=O)O)CC(C)C. The van der Waals surface area contributed by atoms with E-state index < -0.39 is 5.97 Å². The molecule has 1 aromatic heterocycles. The predicted octanol–water partition coefficient (Wildman–Crippen LogP) is 1.45. The van der Waals surface area contributed by atoms with Crippen molar-refractivity contribution in [3.63, 3.8) is 0 Å². The first kappa shape index (κ1) is 12.5. The molecule has 0 aliphatic rings. The molecule has 16 heavy (non-hydrogen) atoms. The summed E-state index contributed by atoms with van der Waals surface area (Å²) in [6.45, 7) is 7.63. The van der Waals surface area contributed by atoms with E-state index in [0.29, 0.717) is 12.5 Å². The molecule has 90 valence electrons. The summed E-state index contributed by atoms with van der Waals surface area (Å²) in [4.78, 5) is 16.8. The number of carboxylic acid groups (broad SMARTS) is 1. The molecule has 1 aromatic rings. The molecule has 5 nitrogen and oxygen atoms in total. The molecule has 0 spiro atoms. The van der Waals surface area contributed by atoms with Crippen LogP contribution in [-0.2, 0) is 11.3 Å². The van der Waals surface area contributed by atoms with Crippen molar-refractivity contribution in [2.45, 2.75) is 27.3 Å². The van der Waals surface area contributed by atoms with Gasteiger partial charge in [0.05, 0.1) is 0 Å². The zero-order valence-electron chi connectivity index (χ0n) is 10.1. The molecule has 1 rings (SSSR count). The molecule has 0 aliphatic carbocycles. The molecular formula is C11H19N3O2. The molecule has 0 aromatic carbocycles. The van der Waals surface area contributed by atoms with E-state index >= 15 is 0 Å². The van der Waals surface area contributed by atoms with Crippen LogP contribution < -0.4 is 4.90 Å². The van der Waals surface area contributed by atoms with Crippen molar-refractivity contribution >= 4 is 11.9 Å². The van der Waals surface area contributed by atoms with E-state index in [1.807, 2.05) is 17.7 Å². The third-order valence-electron chi connectivity index (χ3n) is 2.23. The van der Waals surface area contributed by atoms with Crippen molar-refractivity contribution in [1.29, 1.82) is 0 Å². The number of anilines is 1. The van der Waals surface area contributed by atoms with E-state index in [4.69, 9.17) is 5.11 Å². The predicted molar refractivity (Wildman–Crippen MR) is 62.6 cm³/mol. The lowest BCUT2D eigenvalue weighted by atomic mass is 10.2. The van der Waals surface area contributed by atoms with Gasteiger partial charge in [-0.1, -0.05) is 13.8 Å². The van der Waals surface area contributed by atoms with Crippen molar-refractivity contribution in [2.75, 3.05) is 18.0 Å². The van der Waals surface area contributed by atoms with E-state index in [2.05, 4.69) is 18.8 Å². The van der Waals surface area contributed by atoms with Gasteiger partial charge in [-0.15, -0.1) is 0 Å². The Labute approximate surface area is 95.7 Å². The summed E-state index contributed by atoms with van der Waals surface area (Å²) in [5.74, 6) is 0.311. The van der Waals surface area contributed by atoms with Gasteiger partial charge in [-0.05, 0) is 12.8 Å². The lowest BCUT2D eigenvalue weighted by Gasteiger charge is -2.24. The summed E-state index contributed by atoms with van der Waals surface area (Å²) in [7, 11) is 0. The largest absolute Gasteiger partial charge is 0.480 e. The maximum atomic E-state index is 10.8. The quantitative estimate of drug-likeness (QED) is 0.796. The average Bonchev–Trinajstić information content (AvgIpc) is 2.62. The molecular weight excluding hydrogens is 206 g/mol. The Balaban J connectivity index is 2.86. The van der Waals surface area contributed by atoms with Crippen molar-refractivity contribution in [2.24, 2.45) is 5.92 Å². The standard InChI is InChI=1S/C11H19N3O2/c1-4-13-6-5-12-11(13)14(7-9(2)3)8-10(15)16/h5-6,9H,4,7-8H2,1-3H3,(H,15,16). The normalized spacial score (nSPS) is 10.8. The Morgan fingerprint density at radius 2 is 2.31 bits per heavy atom. The number of imidazole rings is 1. The fraction of sp³-hybridized carbons (Fsp3) is 0.636. The maximum absolute atomic E-state index is 10.8. The van der Waals surface area contributed by atoms with Crippen LogP contribution in [-0.4, -0.2) is 33.7 Å². The Bertz CT molecular complexity index is 347. The highest BCUT2D eigenvalue weighted by Crippen LogP contribution is 2.13. The number of aliphatic carboxylic acids is 1. The summed E-state index contributed by atoms with van der Waals surface area (Å²) >= 11 is 0. The van der Waals surface area contributed by atoms with Gasteiger partial charge >= 0.3 is 5.97 Å². The number of aromatic nitrogens is 2. The molecule has 0 saturated carbocycles. The molecule has 1 N–H and O–H groups in total. The van der Waals surface area contributed by atoms with E-state index in [-0.39, 0.29) is 6.54 Å². The molecule has 0 saturated heterocycles. The van der Waals surface area contributed by atoms with Crippen molar-refractivity contribution in [3.05, 3.63) is 12.4 Å². The Morgan fingerprint density at radius 3 is 2.81 bits per heavy atom. The number of carbonyl (C=O) groups is 1. The summed E-state index contributed by atoms with van der Waals surface area (Å²) in [5.41, 5.74) is 0. The molecule has 0 aliphatic heterocycles. The van der Waals surface area contributed by atoms with E-state index in [0.717, 1.165) is 12.5 Å². The van der Waals surface area contributed by atoms with Gasteiger partial charge in [0.2, 0.25) is 5.95 Å². The lowest BCUT2D eigenvalue weighted by Crippen LogP contribution is -2.35. The van der Waals surface area contributed by atoms with Gasteiger partial charge < -0.3 is 14.6 Å². The number of aryl methyl sites for hydroxylation is 1. The van der Waals surface area contributed by atoms with Crippen molar-refractivity contribution in [3.8, 4) is 0 Å². The molecule has 5 heteroatoms. The first-order valence-electron chi connectivity index (χ1n) is 5.52. The van der Waals surface area contributed by atoms with Crippen LogP contribution in [0.25, 0.3) is 0 Å². The van der Waals surface area contributed by atoms with Crippen LogP contribution in [0.5, 0.6) is 0 Å². The second-order valence-electron chi connectivity index (χ2n) is 4.18. The van der Waals surface area contributed by atoms with Crippen LogP contribution >= 0.6 is 0 Å². The minimum atomic E-state index is -0.827. The van der Waals surface area contributed by atoms with Crippen LogP contribution in [0.15, 0.2) is 12.4 Å². The van der Waals surface area contributed by atoms with Crippen LogP contribution in [0.1, 0.15) is 20.8 Å². The van der Waals surface area contributed by atoms with E-state index in [1.54, 1.807) is 11.1 Å². The van der Waals surface area contributed by atoms with Crippen molar-refractivity contribution < 1.29 is 9.90 Å². The van der Waals surface area contributed by atoms with Gasteiger partial charge in [0.25, 0.3) is 0 Å². The van der Waals surface area contributed by atoms with Crippen LogP contribution in [0, 0.1) is 5.92 Å². The van der Waals surface area contributed by atoms with Gasteiger partial charge in [0.1, 0.15) is 6.54 Å². The number of nitrogens with zero attached hydrogens (tertiary/aromatic N) is 3. The maximum Gasteiger partial charge on any atom is 0.323 e. The molecule has 0 amide bonds. The number of hydrogen-bond acceptors (Lipinski definition) is 3. The molecule has 0 bridgehead atoms. The van der Waals surface area contributed by atoms with E-state index in [9.17, 15) is 4.79 Å².